The second-order valence-electron chi connectivity index (χ2n) is 16.3. The number of ketones is 1. The summed E-state index contributed by atoms with van der Waals surface area (Å²) in [7, 11) is -1.40. The number of thiophene rings is 1. The van der Waals surface area contributed by atoms with E-state index in [1.807, 2.05) is 59.1 Å². The number of aromatic nitrogens is 1. The summed E-state index contributed by atoms with van der Waals surface area (Å²) in [5, 5.41) is 16.8. The molecule has 5 rings (SSSR count). The van der Waals surface area contributed by atoms with Gasteiger partial charge in [-0.25, -0.2) is 0 Å². The van der Waals surface area contributed by atoms with Crippen LogP contribution in [0.3, 0.4) is 0 Å². The van der Waals surface area contributed by atoms with Crippen molar-refractivity contribution < 1.29 is 30.0 Å². The molecule has 0 aliphatic rings. The summed E-state index contributed by atoms with van der Waals surface area (Å²) >= 11 is 1.90. The number of carbonyl (C=O) groups is 1. The number of rotatable bonds is 9. The molecule has 271 valence electrons. The maximum atomic E-state index is 12.2. The van der Waals surface area contributed by atoms with Crippen LogP contribution < -0.4 is 5.19 Å². The average molecular weight is 885 g/mol. The summed E-state index contributed by atoms with van der Waals surface area (Å²) in [6.07, 6.45) is 6.72. The number of aliphatic hydroxyl groups excluding tert-OH is 1. The third-order valence-electron chi connectivity index (χ3n) is 11.1. The molecule has 5 aromatic rings. The second-order valence-corrected chi connectivity index (χ2v) is 22.4. The van der Waals surface area contributed by atoms with E-state index in [9.17, 15) is 9.90 Å². The molecule has 0 fully saturated rings. The molecule has 2 aromatic heterocycles. The standard InChI is InChI=1S/C29H30NSSi.C15H28O2.Ir/c1-18-25(32(5,6)7)13-12-22-23-14-15-30-26(28(23)31-27(18)22)20-16-19-10-8-9-11-21(19)24(17-20)29(2,3)4;1-7-14(5,8-2)12(16)11-13(17)15(6,9-3)10-4;/h8-15,17H,1-7H3;11,16H,7-10H2,1-6H3;/q-1;;/b;12-11-;. The van der Waals surface area contributed by atoms with Crippen molar-refractivity contribution in [1.29, 1.82) is 0 Å². The molecule has 0 saturated carbocycles. The smallest absolute Gasteiger partial charge is 0.164 e. The van der Waals surface area contributed by atoms with E-state index in [1.165, 1.54) is 42.8 Å². The first-order valence-electron chi connectivity index (χ1n) is 18.1. The van der Waals surface area contributed by atoms with Crippen LogP contribution in [0.1, 0.15) is 99.1 Å². The fraction of sp³-hybridized carbons (Fsp3) is 0.455. The van der Waals surface area contributed by atoms with Crippen LogP contribution in [-0.4, -0.2) is 23.9 Å². The van der Waals surface area contributed by atoms with E-state index in [-0.39, 0.29) is 47.9 Å². The Morgan fingerprint density at radius 2 is 1.42 bits per heavy atom. The van der Waals surface area contributed by atoms with Crippen molar-refractivity contribution in [2.45, 2.75) is 120 Å². The quantitative estimate of drug-likeness (QED) is 0.0694. The Kier molecular flexibility index (Phi) is 13.3. The Morgan fingerprint density at radius 3 is 1.98 bits per heavy atom. The van der Waals surface area contributed by atoms with Gasteiger partial charge >= 0.3 is 0 Å². The topological polar surface area (TPSA) is 50.2 Å². The molecule has 3 aromatic carbocycles. The maximum absolute atomic E-state index is 12.2. The van der Waals surface area contributed by atoms with Gasteiger partial charge in [-0.1, -0.05) is 128 Å². The molecule has 50 heavy (non-hydrogen) atoms. The summed E-state index contributed by atoms with van der Waals surface area (Å²) in [6.45, 7) is 28.5. The van der Waals surface area contributed by atoms with Gasteiger partial charge in [0, 0.05) is 63.7 Å². The molecule has 3 nitrogen and oxygen atoms in total. The molecule has 1 N–H and O–H groups in total. The number of aliphatic hydroxyl groups is 1. The van der Waals surface area contributed by atoms with Gasteiger partial charge in [0.1, 0.15) is 5.76 Å². The van der Waals surface area contributed by atoms with E-state index < -0.39 is 8.07 Å². The molecular weight excluding hydrogens is 827 g/mol. The van der Waals surface area contributed by atoms with Crippen LogP contribution in [0, 0.1) is 23.8 Å². The number of allylic oxidation sites excluding steroid dienone is 2. The van der Waals surface area contributed by atoms with Gasteiger partial charge in [-0.3, -0.25) is 9.78 Å². The molecule has 0 atom stereocenters. The van der Waals surface area contributed by atoms with E-state index in [0.29, 0.717) is 0 Å². The minimum atomic E-state index is -1.40. The fourth-order valence-corrected chi connectivity index (χ4v) is 9.79. The predicted molar refractivity (Wildman–Crippen MR) is 218 cm³/mol. The molecule has 0 spiro atoms. The van der Waals surface area contributed by atoms with E-state index in [4.69, 9.17) is 4.98 Å². The van der Waals surface area contributed by atoms with Crippen molar-refractivity contribution in [3.8, 4) is 11.3 Å². The van der Waals surface area contributed by atoms with Crippen molar-refractivity contribution in [2.24, 2.45) is 10.8 Å². The molecule has 2 heterocycles. The third-order valence-corrected chi connectivity index (χ3v) is 14.6. The third kappa shape index (κ3) is 8.36. The molecule has 0 aliphatic carbocycles. The van der Waals surface area contributed by atoms with Gasteiger partial charge in [0.2, 0.25) is 0 Å². The number of hydrogen-bond donors (Lipinski definition) is 1. The van der Waals surface area contributed by atoms with E-state index in [2.05, 4.69) is 102 Å². The summed E-state index contributed by atoms with van der Waals surface area (Å²) in [5.41, 5.74) is 4.38. The molecule has 0 amide bonds. The molecule has 1 radical (unpaired) electrons. The molecule has 6 heteroatoms. The largest absolute Gasteiger partial charge is 0.512 e. The van der Waals surface area contributed by atoms with Crippen molar-refractivity contribution in [3.63, 3.8) is 0 Å². The fourth-order valence-electron chi connectivity index (χ4n) is 6.57. The van der Waals surface area contributed by atoms with Crippen LogP contribution in [0.15, 0.2) is 66.6 Å². The van der Waals surface area contributed by atoms with Crippen molar-refractivity contribution in [3.05, 3.63) is 83.8 Å². The first kappa shape index (κ1) is 41.8. The number of hydrogen-bond acceptors (Lipinski definition) is 4. The van der Waals surface area contributed by atoms with Crippen LogP contribution in [-0.2, 0) is 30.3 Å². The van der Waals surface area contributed by atoms with Crippen LogP contribution in [0.25, 0.3) is 42.2 Å². The van der Waals surface area contributed by atoms with Crippen LogP contribution in [0.2, 0.25) is 19.6 Å². The van der Waals surface area contributed by atoms with Crippen molar-refractivity contribution in [2.75, 3.05) is 0 Å². The van der Waals surface area contributed by atoms with E-state index >= 15 is 0 Å². The Morgan fingerprint density at radius 1 is 0.840 bits per heavy atom. The first-order valence-corrected chi connectivity index (χ1v) is 22.4. The number of aryl methyl sites for hydroxylation is 1. The number of nitrogens with zero attached hydrogens (tertiary/aromatic N) is 1. The summed E-state index contributed by atoms with van der Waals surface area (Å²) < 4.78 is 2.68. The van der Waals surface area contributed by atoms with Crippen LogP contribution in [0.5, 0.6) is 0 Å². The molecule has 0 aliphatic heterocycles. The Balaban J connectivity index is 0.000000323. The van der Waals surface area contributed by atoms with Gasteiger partial charge in [0.25, 0.3) is 0 Å². The number of benzene rings is 3. The maximum Gasteiger partial charge on any atom is 0.164 e. The van der Waals surface area contributed by atoms with Gasteiger partial charge in [0.05, 0.1) is 8.07 Å². The summed E-state index contributed by atoms with van der Waals surface area (Å²) in [6, 6.07) is 21.5. The second kappa shape index (κ2) is 15.9. The minimum Gasteiger partial charge on any atom is -0.512 e. The van der Waals surface area contributed by atoms with Gasteiger partial charge in [-0.05, 0) is 55.0 Å². The molecular formula is C44H58IrNO2SSi-. The molecule has 0 unspecified atom stereocenters. The SMILES string of the molecule is CCC(C)(CC)C(=O)/C=C(\O)C(C)(CC)CC.Cc1c([Si](C)(C)C)ccc2c1sc1c(-c3[c-]c4ccccc4c(C(C)(C)C)c3)nccc12.[Ir]. The predicted octanol–water partition coefficient (Wildman–Crippen LogP) is 12.9. The number of pyridine rings is 1. The summed E-state index contributed by atoms with van der Waals surface area (Å²) in [4.78, 5) is 17.1. The minimum absolute atomic E-state index is 0. The van der Waals surface area contributed by atoms with Gasteiger partial charge < -0.3 is 5.11 Å². The van der Waals surface area contributed by atoms with Gasteiger partial charge in [0.15, 0.2) is 5.78 Å². The Labute approximate surface area is 320 Å². The first-order chi connectivity index (χ1) is 22.8. The Bertz CT molecular complexity index is 2000. The van der Waals surface area contributed by atoms with Crippen LogP contribution >= 0.6 is 11.3 Å². The number of fused-ring (bicyclic) bond motifs is 4. The van der Waals surface area contributed by atoms with E-state index in [0.717, 1.165) is 42.3 Å². The van der Waals surface area contributed by atoms with E-state index in [1.54, 1.807) is 5.19 Å². The normalized spacial score (nSPS) is 12.9. The van der Waals surface area contributed by atoms with Crippen molar-refractivity contribution >= 4 is 61.3 Å². The monoisotopic (exact) mass is 885 g/mol. The zero-order chi connectivity index (χ0) is 36.5. The summed E-state index contributed by atoms with van der Waals surface area (Å²) in [5.74, 6) is 0.286. The molecule has 0 bridgehead atoms. The van der Waals surface area contributed by atoms with Crippen molar-refractivity contribution in [1.82, 2.24) is 4.98 Å². The van der Waals surface area contributed by atoms with Gasteiger partial charge in [-0.2, -0.15) is 0 Å². The zero-order valence-electron chi connectivity index (χ0n) is 32.6. The number of carbonyl (C=O) groups excluding carboxylic acids is 1. The zero-order valence-corrected chi connectivity index (χ0v) is 36.9. The molecule has 0 saturated heterocycles. The van der Waals surface area contributed by atoms with Gasteiger partial charge in [-0.15, -0.1) is 40.5 Å². The average Bonchev–Trinajstić information content (AvgIpc) is 3.46. The van der Waals surface area contributed by atoms with Crippen LogP contribution in [0.4, 0.5) is 0 Å². The Hall–Kier alpha value is -2.63.